The van der Waals surface area contributed by atoms with Crippen LogP contribution in [0.3, 0.4) is 0 Å². The Balaban J connectivity index is 2.89. The fourth-order valence-electron chi connectivity index (χ4n) is 1.54. The number of carbonyl (C=O) groups excluding carboxylic acids is 1. The molecule has 0 aromatic heterocycles. The molecule has 21 heavy (non-hydrogen) atoms. The van der Waals surface area contributed by atoms with E-state index in [1.54, 1.807) is 18.2 Å². The average molecular weight is 293 g/mol. The summed E-state index contributed by atoms with van der Waals surface area (Å²) in [7, 11) is 0. The lowest BCUT2D eigenvalue weighted by atomic mass is 10.1. The summed E-state index contributed by atoms with van der Waals surface area (Å²) in [5, 5.41) is 19.7. The van der Waals surface area contributed by atoms with Gasteiger partial charge in [0.1, 0.15) is 18.4 Å². The maximum atomic E-state index is 12.1. The van der Waals surface area contributed by atoms with Crippen molar-refractivity contribution in [1.82, 2.24) is 5.32 Å². The Kier molecular flexibility index (Phi) is 5.94. The van der Waals surface area contributed by atoms with E-state index in [0.717, 1.165) is 0 Å². The number of rotatable bonds is 8. The molecule has 0 aliphatic carbocycles. The fourth-order valence-corrected chi connectivity index (χ4v) is 1.54. The Bertz CT molecular complexity index is 554. The monoisotopic (exact) mass is 293 g/mol. The highest BCUT2D eigenvalue weighted by molar-refractivity contribution is 5.99. The van der Waals surface area contributed by atoms with Gasteiger partial charge in [0.25, 0.3) is 5.91 Å². The van der Waals surface area contributed by atoms with Crippen LogP contribution in [-0.2, 0) is 9.59 Å². The van der Waals surface area contributed by atoms with Gasteiger partial charge in [-0.3, -0.25) is 9.59 Å². The van der Waals surface area contributed by atoms with Crippen LogP contribution in [0, 0.1) is 0 Å². The van der Waals surface area contributed by atoms with Crippen molar-refractivity contribution < 1.29 is 29.3 Å². The number of aliphatic carboxylic acids is 2. The molecular formula is C14H15NO6. The van der Waals surface area contributed by atoms with Crippen LogP contribution in [-0.4, -0.2) is 40.7 Å². The molecule has 0 saturated heterocycles. The molecule has 1 atom stereocenters. The van der Waals surface area contributed by atoms with E-state index in [2.05, 4.69) is 11.9 Å². The number of ether oxygens (including phenoxy) is 1. The van der Waals surface area contributed by atoms with Crippen molar-refractivity contribution in [3.8, 4) is 5.75 Å². The Morgan fingerprint density at radius 3 is 2.52 bits per heavy atom. The van der Waals surface area contributed by atoms with E-state index in [-0.39, 0.29) is 17.9 Å². The molecule has 0 fully saturated rings. The van der Waals surface area contributed by atoms with Crippen molar-refractivity contribution in [3.63, 3.8) is 0 Å². The summed E-state index contributed by atoms with van der Waals surface area (Å²) >= 11 is 0. The van der Waals surface area contributed by atoms with Crippen LogP contribution in [0.1, 0.15) is 16.8 Å². The second-order valence-corrected chi connectivity index (χ2v) is 4.06. The van der Waals surface area contributed by atoms with Crippen LogP contribution in [0.15, 0.2) is 36.9 Å². The van der Waals surface area contributed by atoms with Crippen LogP contribution in [0.25, 0.3) is 0 Å². The van der Waals surface area contributed by atoms with E-state index in [1.165, 1.54) is 12.1 Å². The van der Waals surface area contributed by atoms with E-state index in [9.17, 15) is 14.4 Å². The fraction of sp³-hybridized carbons (Fsp3) is 0.214. The molecule has 0 aliphatic rings. The van der Waals surface area contributed by atoms with Crippen LogP contribution in [0.4, 0.5) is 0 Å². The van der Waals surface area contributed by atoms with Crippen LogP contribution in [0.5, 0.6) is 5.75 Å². The normalized spacial score (nSPS) is 11.2. The number of carboxylic acids is 2. The summed E-state index contributed by atoms with van der Waals surface area (Å²) < 4.78 is 5.29. The quantitative estimate of drug-likeness (QED) is 0.614. The first-order valence-electron chi connectivity index (χ1n) is 6.04. The third-order valence-electron chi connectivity index (χ3n) is 2.47. The number of benzene rings is 1. The third kappa shape index (κ3) is 4.98. The molecule has 7 heteroatoms. The van der Waals surface area contributed by atoms with Crippen molar-refractivity contribution in [1.29, 1.82) is 0 Å². The Labute approximate surface area is 120 Å². The number of nitrogens with one attached hydrogen (secondary N) is 1. The second kappa shape index (κ2) is 7.68. The number of carbonyl (C=O) groups is 3. The molecule has 1 aromatic carbocycles. The smallest absolute Gasteiger partial charge is 0.326 e. The highest BCUT2D eigenvalue weighted by atomic mass is 16.5. The molecule has 7 nitrogen and oxygen atoms in total. The largest absolute Gasteiger partial charge is 0.489 e. The van der Waals surface area contributed by atoms with E-state index in [0.29, 0.717) is 0 Å². The Hall–Kier alpha value is -2.83. The van der Waals surface area contributed by atoms with Gasteiger partial charge in [-0.15, -0.1) is 0 Å². The van der Waals surface area contributed by atoms with Crippen molar-refractivity contribution in [2.75, 3.05) is 6.61 Å². The minimum Gasteiger partial charge on any atom is -0.489 e. The minimum atomic E-state index is -1.51. The van der Waals surface area contributed by atoms with Gasteiger partial charge in [0.05, 0.1) is 12.0 Å². The number of hydrogen-bond acceptors (Lipinski definition) is 4. The molecule has 0 unspecified atom stereocenters. The maximum absolute atomic E-state index is 12.1. The molecule has 1 aromatic rings. The molecule has 0 spiro atoms. The van der Waals surface area contributed by atoms with Gasteiger partial charge in [-0.05, 0) is 12.1 Å². The first kappa shape index (κ1) is 16.2. The molecule has 0 radical (unpaired) electrons. The van der Waals surface area contributed by atoms with E-state index >= 15 is 0 Å². The summed E-state index contributed by atoms with van der Waals surface area (Å²) in [5.41, 5.74) is 0.121. The van der Waals surface area contributed by atoms with E-state index < -0.39 is 30.3 Å². The van der Waals surface area contributed by atoms with Gasteiger partial charge in [-0.2, -0.15) is 0 Å². The molecule has 0 heterocycles. The minimum absolute atomic E-state index is 0.121. The lowest BCUT2D eigenvalue weighted by Gasteiger charge is -2.14. The summed E-state index contributed by atoms with van der Waals surface area (Å²) in [6.07, 6.45) is 0.788. The molecule has 1 amide bonds. The van der Waals surface area contributed by atoms with Crippen molar-refractivity contribution in [3.05, 3.63) is 42.5 Å². The predicted octanol–water partition coefficient (Wildman–Crippen LogP) is 0.909. The molecular weight excluding hydrogens is 278 g/mol. The number of hydrogen-bond donors (Lipinski definition) is 3. The van der Waals surface area contributed by atoms with Gasteiger partial charge >= 0.3 is 11.9 Å². The zero-order chi connectivity index (χ0) is 15.8. The topological polar surface area (TPSA) is 113 Å². The second-order valence-electron chi connectivity index (χ2n) is 4.06. The lowest BCUT2D eigenvalue weighted by Crippen LogP contribution is -2.42. The SMILES string of the molecule is C=CCOc1ccccc1C(=O)N[C@@H](CC(=O)O)C(=O)O. The molecule has 0 aliphatic heterocycles. The third-order valence-corrected chi connectivity index (χ3v) is 2.47. The van der Waals surface area contributed by atoms with Crippen LogP contribution >= 0.6 is 0 Å². The van der Waals surface area contributed by atoms with Crippen LogP contribution in [0.2, 0.25) is 0 Å². The highest BCUT2D eigenvalue weighted by Crippen LogP contribution is 2.18. The first-order valence-corrected chi connectivity index (χ1v) is 6.04. The Morgan fingerprint density at radius 1 is 1.29 bits per heavy atom. The van der Waals surface area contributed by atoms with Crippen molar-refractivity contribution in [2.45, 2.75) is 12.5 Å². The van der Waals surface area contributed by atoms with Crippen molar-refractivity contribution >= 4 is 17.8 Å². The lowest BCUT2D eigenvalue weighted by molar-refractivity contribution is -0.145. The Morgan fingerprint density at radius 2 is 1.95 bits per heavy atom. The number of amides is 1. The number of carboxylic acid groups (broad SMARTS) is 2. The highest BCUT2D eigenvalue weighted by Gasteiger charge is 2.24. The van der Waals surface area contributed by atoms with Gasteiger partial charge in [0, 0.05) is 0 Å². The average Bonchev–Trinajstić information content (AvgIpc) is 2.44. The molecule has 1 rings (SSSR count). The summed E-state index contributed by atoms with van der Waals surface area (Å²) in [4.78, 5) is 33.6. The van der Waals surface area contributed by atoms with E-state index in [1.807, 2.05) is 0 Å². The number of para-hydroxylation sites is 1. The summed E-state index contributed by atoms with van der Waals surface area (Å²) in [6.45, 7) is 3.67. The molecule has 3 N–H and O–H groups in total. The summed E-state index contributed by atoms with van der Waals surface area (Å²) in [6, 6.07) is 4.73. The summed E-state index contributed by atoms with van der Waals surface area (Å²) in [5.74, 6) is -3.20. The first-order chi connectivity index (χ1) is 9.95. The van der Waals surface area contributed by atoms with Gasteiger partial charge in [0.2, 0.25) is 0 Å². The van der Waals surface area contributed by atoms with E-state index in [4.69, 9.17) is 14.9 Å². The molecule has 0 saturated carbocycles. The standard InChI is InChI=1S/C14H15NO6/c1-2-7-21-11-6-4-3-5-9(11)13(18)15-10(14(19)20)8-12(16)17/h2-6,10H,1,7-8H2,(H,15,18)(H,16,17)(H,19,20)/t10-/m0/s1. The predicted molar refractivity (Wildman–Crippen MR) is 73.3 cm³/mol. The molecule has 112 valence electrons. The van der Waals surface area contributed by atoms with Gasteiger partial charge in [-0.1, -0.05) is 24.8 Å². The van der Waals surface area contributed by atoms with Gasteiger partial charge in [-0.25, -0.2) is 4.79 Å². The van der Waals surface area contributed by atoms with Crippen LogP contribution < -0.4 is 10.1 Å². The zero-order valence-corrected chi connectivity index (χ0v) is 11.1. The zero-order valence-electron chi connectivity index (χ0n) is 11.1. The van der Waals surface area contributed by atoms with Gasteiger partial charge < -0.3 is 20.3 Å². The maximum Gasteiger partial charge on any atom is 0.326 e. The van der Waals surface area contributed by atoms with Gasteiger partial charge in [0.15, 0.2) is 0 Å². The van der Waals surface area contributed by atoms with Crippen molar-refractivity contribution in [2.24, 2.45) is 0 Å². The molecule has 0 bridgehead atoms.